The van der Waals surface area contributed by atoms with Gasteiger partial charge in [-0.3, -0.25) is 4.79 Å². The fraction of sp³-hybridized carbons (Fsp3) is 0.682. The number of rotatable bonds is 4. The van der Waals surface area contributed by atoms with E-state index in [1.807, 2.05) is 11.9 Å². The van der Waals surface area contributed by atoms with Gasteiger partial charge >= 0.3 is 0 Å². The monoisotopic (exact) mass is 340 g/mol. The van der Waals surface area contributed by atoms with Gasteiger partial charge in [0.15, 0.2) is 0 Å². The van der Waals surface area contributed by atoms with Crippen molar-refractivity contribution in [3.8, 4) is 0 Å². The van der Waals surface area contributed by atoms with Crippen LogP contribution in [0.25, 0.3) is 0 Å². The summed E-state index contributed by atoms with van der Waals surface area (Å²) >= 11 is 0. The highest BCUT2D eigenvalue weighted by Crippen LogP contribution is 2.38. The van der Waals surface area contributed by atoms with E-state index in [9.17, 15) is 4.79 Å². The normalized spacial score (nSPS) is 28.8. The Hall–Kier alpha value is -1.35. The number of carbonyl (C=O) groups excluding carboxylic acids is 1. The molecule has 2 saturated heterocycles. The van der Waals surface area contributed by atoms with E-state index in [1.54, 1.807) is 0 Å². The maximum absolute atomic E-state index is 12.7. The first-order chi connectivity index (χ1) is 12.2. The summed E-state index contributed by atoms with van der Waals surface area (Å²) in [6.45, 7) is 3.31. The maximum Gasteiger partial charge on any atom is 0.227 e. The van der Waals surface area contributed by atoms with Crippen LogP contribution in [0.3, 0.4) is 0 Å². The van der Waals surface area contributed by atoms with Crippen LogP contribution in [0.1, 0.15) is 74.5 Å². The molecule has 0 radical (unpaired) electrons. The predicted octanol–water partition coefficient (Wildman–Crippen LogP) is 4.35. The predicted molar refractivity (Wildman–Crippen MR) is 102 cm³/mol. The van der Waals surface area contributed by atoms with Crippen molar-refractivity contribution in [1.82, 2.24) is 9.80 Å². The van der Waals surface area contributed by atoms with Crippen molar-refractivity contribution in [1.29, 1.82) is 0 Å². The van der Waals surface area contributed by atoms with Gasteiger partial charge in [0, 0.05) is 13.6 Å². The van der Waals surface area contributed by atoms with Crippen LogP contribution in [0.4, 0.5) is 0 Å². The van der Waals surface area contributed by atoms with Crippen molar-refractivity contribution < 1.29 is 4.79 Å². The Labute approximate surface area is 152 Å². The summed E-state index contributed by atoms with van der Waals surface area (Å²) in [5.41, 5.74) is 2.82. The van der Waals surface area contributed by atoms with Crippen LogP contribution in [0, 0.1) is 5.92 Å². The summed E-state index contributed by atoms with van der Waals surface area (Å²) in [6.07, 6.45) is 10.4. The second kappa shape index (κ2) is 7.49. The Morgan fingerprint density at radius 1 is 0.920 bits per heavy atom. The second-order valence-electron chi connectivity index (χ2n) is 8.41. The third-order valence-electron chi connectivity index (χ3n) is 6.75. The Kier molecular flexibility index (Phi) is 5.12. The van der Waals surface area contributed by atoms with E-state index in [0.29, 0.717) is 5.91 Å². The molecule has 1 saturated carbocycles. The zero-order valence-electron chi connectivity index (χ0n) is 15.6. The molecule has 25 heavy (non-hydrogen) atoms. The van der Waals surface area contributed by atoms with Crippen LogP contribution in [-0.2, 0) is 4.79 Å². The molecule has 2 aliphatic heterocycles. The van der Waals surface area contributed by atoms with Crippen LogP contribution in [0.2, 0.25) is 0 Å². The first-order valence-electron chi connectivity index (χ1n) is 10.3. The molecule has 3 nitrogen and oxygen atoms in total. The highest BCUT2D eigenvalue weighted by molar-refractivity contribution is 5.81. The first kappa shape index (κ1) is 17.1. The average Bonchev–Trinajstić information content (AvgIpc) is 3.28. The largest absolute Gasteiger partial charge is 0.338 e. The van der Waals surface area contributed by atoms with Crippen LogP contribution in [-0.4, -0.2) is 42.4 Å². The standard InChI is InChI=1S/C22H32N2O/c1-23-21(15-20(22(23)25)16-24-13-5-2-6-14-24)19-11-9-18(10-12-19)17-7-3-4-8-17/h9-12,17,20-21H,2-8,13-16H2,1H3. The molecule has 2 unspecified atom stereocenters. The van der Waals surface area contributed by atoms with Gasteiger partial charge in [0.1, 0.15) is 0 Å². The van der Waals surface area contributed by atoms with Gasteiger partial charge in [0.05, 0.1) is 12.0 Å². The third kappa shape index (κ3) is 3.62. The Morgan fingerprint density at radius 2 is 1.56 bits per heavy atom. The molecule has 1 aromatic rings. The molecule has 0 N–H and O–H groups in total. The van der Waals surface area contributed by atoms with Gasteiger partial charge in [-0.2, -0.15) is 0 Å². The van der Waals surface area contributed by atoms with Crippen molar-refractivity contribution >= 4 is 5.91 Å². The van der Waals surface area contributed by atoms with E-state index in [2.05, 4.69) is 29.2 Å². The molecule has 2 heterocycles. The van der Waals surface area contributed by atoms with Crippen LogP contribution in [0.15, 0.2) is 24.3 Å². The highest BCUT2D eigenvalue weighted by Gasteiger charge is 2.38. The van der Waals surface area contributed by atoms with E-state index in [1.165, 1.54) is 69.2 Å². The molecule has 4 rings (SSSR count). The number of nitrogens with zero attached hydrogens (tertiary/aromatic N) is 2. The molecule has 0 bridgehead atoms. The fourth-order valence-corrected chi connectivity index (χ4v) is 5.19. The number of hydrogen-bond acceptors (Lipinski definition) is 2. The molecule has 1 amide bonds. The van der Waals surface area contributed by atoms with Gasteiger partial charge in [0.25, 0.3) is 0 Å². The molecule has 3 heteroatoms. The van der Waals surface area contributed by atoms with E-state index >= 15 is 0 Å². The number of amides is 1. The minimum Gasteiger partial charge on any atom is -0.338 e. The first-order valence-corrected chi connectivity index (χ1v) is 10.3. The third-order valence-corrected chi connectivity index (χ3v) is 6.75. The summed E-state index contributed by atoms with van der Waals surface area (Å²) < 4.78 is 0. The Morgan fingerprint density at radius 3 is 2.24 bits per heavy atom. The van der Waals surface area contributed by atoms with E-state index in [4.69, 9.17) is 0 Å². The Bertz CT molecular complexity index is 585. The van der Waals surface area contributed by atoms with Crippen molar-refractivity contribution in [2.75, 3.05) is 26.7 Å². The highest BCUT2D eigenvalue weighted by atomic mass is 16.2. The van der Waals surface area contributed by atoms with Gasteiger partial charge < -0.3 is 9.80 Å². The molecule has 136 valence electrons. The van der Waals surface area contributed by atoms with Crippen LogP contribution in [0.5, 0.6) is 0 Å². The lowest BCUT2D eigenvalue weighted by molar-refractivity contribution is -0.131. The van der Waals surface area contributed by atoms with Crippen molar-refractivity contribution in [2.45, 2.75) is 63.3 Å². The Balaban J connectivity index is 1.42. The van der Waals surface area contributed by atoms with Gasteiger partial charge in [0.2, 0.25) is 5.91 Å². The lowest BCUT2D eigenvalue weighted by atomic mass is 9.93. The van der Waals surface area contributed by atoms with E-state index < -0.39 is 0 Å². The van der Waals surface area contributed by atoms with Crippen LogP contribution < -0.4 is 0 Å². The zero-order valence-corrected chi connectivity index (χ0v) is 15.6. The molecule has 1 aromatic carbocycles. The number of piperidine rings is 1. The average molecular weight is 341 g/mol. The number of benzene rings is 1. The summed E-state index contributed by atoms with van der Waals surface area (Å²) in [5.74, 6) is 1.29. The molecule has 0 aromatic heterocycles. The molecular weight excluding hydrogens is 308 g/mol. The fourth-order valence-electron chi connectivity index (χ4n) is 5.19. The number of hydrogen-bond donors (Lipinski definition) is 0. The van der Waals surface area contributed by atoms with Crippen molar-refractivity contribution in [3.63, 3.8) is 0 Å². The SMILES string of the molecule is CN1C(=O)C(CN2CCCCC2)CC1c1ccc(C2CCCC2)cc1. The van der Waals surface area contributed by atoms with Gasteiger partial charge in [-0.25, -0.2) is 0 Å². The molecule has 0 spiro atoms. The topological polar surface area (TPSA) is 23.6 Å². The molecule has 3 aliphatic rings. The van der Waals surface area contributed by atoms with Gasteiger partial charge in [-0.15, -0.1) is 0 Å². The second-order valence-corrected chi connectivity index (χ2v) is 8.41. The van der Waals surface area contributed by atoms with Gasteiger partial charge in [-0.05, 0) is 62.2 Å². The minimum absolute atomic E-state index is 0.183. The van der Waals surface area contributed by atoms with E-state index in [-0.39, 0.29) is 12.0 Å². The summed E-state index contributed by atoms with van der Waals surface area (Å²) in [6, 6.07) is 9.47. The number of likely N-dealkylation sites (tertiary alicyclic amines) is 2. The number of carbonyl (C=O) groups is 1. The van der Waals surface area contributed by atoms with Crippen LogP contribution >= 0.6 is 0 Å². The lowest BCUT2D eigenvalue weighted by Crippen LogP contribution is -2.36. The van der Waals surface area contributed by atoms with E-state index in [0.717, 1.165) is 18.9 Å². The molecular formula is C22H32N2O. The smallest absolute Gasteiger partial charge is 0.227 e. The molecule has 3 fully saturated rings. The molecule has 2 atom stereocenters. The summed E-state index contributed by atoms with van der Waals surface area (Å²) in [7, 11) is 1.99. The van der Waals surface area contributed by atoms with Gasteiger partial charge in [-0.1, -0.05) is 43.5 Å². The minimum atomic E-state index is 0.183. The van der Waals surface area contributed by atoms with Crippen molar-refractivity contribution in [3.05, 3.63) is 35.4 Å². The van der Waals surface area contributed by atoms with Crippen molar-refractivity contribution in [2.24, 2.45) is 5.92 Å². The summed E-state index contributed by atoms with van der Waals surface area (Å²) in [5, 5.41) is 0. The molecule has 1 aliphatic carbocycles. The summed E-state index contributed by atoms with van der Waals surface area (Å²) in [4.78, 5) is 17.2. The zero-order chi connectivity index (χ0) is 17.2. The quantitative estimate of drug-likeness (QED) is 0.813. The lowest BCUT2D eigenvalue weighted by Gasteiger charge is -2.28. The maximum atomic E-state index is 12.7.